The Morgan fingerprint density at radius 2 is 2.08 bits per heavy atom. The molecule has 1 fully saturated rings. The molecule has 1 amide bonds. The van der Waals surface area contributed by atoms with Crippen LogP contribution in [0.2, 0.25) is 0 Å². The van der Waals surface area contributed by atoms with Crippen molar-refractivity contribution >= 4 is 5.91 Å². The number of carbonyl (C=O) groups excluding carboxylic acids is 1. The van der Waals surface area contributed by atoms with Crippen LogP contribution < -0.4 is 0 Å². The summed E-state index contributed by atoms with van der Waals surface area (Å²) in [6, 6.07) is 11.7. The molecule has 3 aromatic rings. The van der Waals surface area contributed by atoms with Crippen molar-refractivity contribution in [2.45, 2.75) is 32.7 Å². The van der Waals surface area contributed by atoms with Crippen molar-refractivity contribution in [3.05, 3.63) is 60.2 Å². The summed E-state index contributed by atoms with van der Waals surface area (Å²) in [6.07, 6.45) is 5.59. The third-order valence-electron chi connectivity index (χ3n) is 4.81. The van der Waals surface area contributed by atoms with Gasteiger partial charge < -0.3 is 4.90 Å². The Hall–Kier alpha value is -3.02. The number of amides is 1. The molecular weight excluding hydrogens is 326 g/mol. The Kier molecular flexibility index (Phi) is 4.24. The molecule has 0 spiro atoms. The summed E-state index contributed by atoms with van der Waals surface area (Å²) in [5, 5.41) is 4.61. The summed E-state index contributed by atoms with van der Waals surface area (Å²) in [5.74, 6) is -0.0222. The zero-order chi connectivity index (χ0) is 18.1. The number of aromatic nitrogens is 4. The van der Waals surface area contributed by atoms with Gasteiger partial charge in [0.1, 0.15) is 0 Å². The lowest BCUT2D eigenvalue weighted by atomic mass is 10.2. The van der Waals surface area contributed by atoms with E-state index in [9.17, 15) is 4.79 Å². The smallest absolute Gasteiger partial charge is 0.274 e. The zero-order valence-electron chi connectivity index (χ0n) is 15.0. The molecule has 0 saturated carbocycles. The van der Waals surface area contributed by atoms with Crippen LogP contribution in [0.25, 0.3) is 17.1 Å². The molecule has 0 bridgehead atoms. The molecule has 0 N–H and O–H groups in total. The van der Waals surface area contributed by atoms with Crippen molar-refractivity contribution in [2.75, 3.05) is 6.54 Å². The minimum Gasteiger partial charge on any atom is -0.335 e. The van der Waals surface area contributed by atoms with Gasteiger partial charge in [-0.3, -0.25) is 14.8 Å². The largest absolute Gasteiger partial charge is 0.335 e. The predicted octanol–water partition coefficient (Wildman–Crippen LogP) is 3.26. The highest BCUT2D eigenvalue weighted by atomic mass is 16.2. The number of rotatable bonds is 3. The van der Waals surface area contributed by atoms with Crippen LogP contribution in [-0.4, -0.2) is 43.1 Å². The van der Waals surface area contributed by atoms with Gasteiger partial charge in [-0.1, -0.05) is 6.07 Å². The first-order chi connectivity index (χ1) is 12.6. The fraction of sp³-hybridized carbons (Fsp3) is 0.300. The van der Waals surface area contributed by atoms with E-state index in [-0.39, 0.29) is 11.9 Å². The summed E-state index contributed by atoms with van der Waals surface area (Å²) in [7, 11) is 0. The monoisotopic (exact) mass is 347 g/mol. The van der Waals surface area contributed by atoms with Gasteiger partial charge in [-0.25, -0.2) is 4.68 Å². The van der Waals surface area contributed by atoms with Gasteiger partial charge in [-0.2, -0.15) is 5.10 Å². The number of pyridine rings is 2. The number of aryl methyl sites for hydroxylation is 1. The third kappa shape index (κ3) is 2.98. The fourth-order valence-corrected chi connectivity index (χ4v) is 3.35. The number of likely N-dealkylation sites (tertiary alicyclic amines) is 1. The molecule has 1 aliphatic heterocycles. The van der Waals surface area contributed by atoms with Gasteiger partial charge in [0, 0.05) is 24.5 Å². The summed E-state index contributed by atoms with van der Waals surface area (Å²) in [4.78, 5) is 23.6. The summed E-state index contributed by atoms with van der Waals surface area (Å²) >= 11 is 0. The topological polar surface area (TPSA) is 63.9 Å². The maximum Gasteiger partial charge on any atom is 0.274 e. The van der Waals surface area contributed by atoms with Crippen molar-refractivity contribution in [1.29, 1.82) is 0 Å². The second-order valence-corrected chi connectivity index (χ2v) is 6.69. The van der Waals surface area contributed by atoms with Crippen LogP contribution in [0.3, 0.4) is 0 Å². The molecule has 4 rings (SSSR count). The van der Waals surface area contributed by atoms with E-state index in [4.69, 9.17) is 0 Å². The van der Waals surface area contributed by atoms with Crippen LogP contribution in [0.1, 0.15) is 35.9 Å². The van der Waals surface area contributed by atoms with Crippen LogP contribution in [0.4, 0.5) is 0 Å². The van der Waals surface area contributed by atoms with Gasteiger partial charge in [0.2, 0.25) is 0 Å². The molecule has 1 aliphatic rings. The first-order valence-electron chi connectivity index (χ1n) is 8.89. The molecule has 1 atom stereocenters. The van der Waals surface area contributed by atoms with Gasteiger partial charge in [0.15, 0.2) is 5.69 Å². The molecule has 0 radical (unpaired) electrons. The summed E-state index contributed by atoms with van der Waals surface area (Å²) in [6.45, 7) is 4.82. The highest BCUT2D eigenvalue weighted by Crippen LogP contribution is 2.25. The van der Waals surface area contributed by atoms with Crippen LogP contribution in [0.5, 0.6) is 0 Å². The maximum atomic E-state index is 13.0. The quantitative estimate of drug-likeness (QED) is 0.729. The first kappa shape index (κ1) is 16.4. The van der Waals surface area contributed by atoms with Crippen molar-refractivity contribution in [1.82, 2.24) is 24.6 Å². The predicted molar refractivity (Wildman–Crippen MR) is 99.1 cm³/mol. The maximum absolute atomic E-state index is 13.0. The van der Waals surface area contributed by atoms with E-state index < -0.39 is 0 Å². The Labute approximate surface area is 152 Å². The summed E-state index contributed by atoms with van der Waals surface area (Å²) in [5.41, 5.74) is 3.74. The number of carbonyl (C=O) groups is 1. The van der Waals surface area contributed by atoms with E-state index in [1.807, 2.05) is 48.2 Å². The molecule has 3 aromatic heterocycles. The Morgan fingerprint density at radius 3 is 2.73 bits per heavy atom. The van der Waals surface area contributed by atoms with Crippen molar-refractivity contribution < 1.29 is 4.79 Å². The lowest BCUT2D eigenvalue weighted by Crippen LogP contribution is -2.33. The van der Waals surface area contributed by atoms with Gasteiger partial charge in [-0.15, -0.1) is 0 Å². The Bertz CT molecular complexity index is 917. The fourth-order valence-electron chi connectivity index (χ4n) is 3.35. The molecule has 6 nitrogen and oxygen atoms in total. The van der Waals surface area contributed by atoms with Gasteiger partial charge in [0.05, 0.1) is 23.3 Å². The summed E-state index contributed by atoms with van der Waals surface area (Å²) < 4.78 is 1.75. The minimum absolute atomic E-state index is 0.0222. The number of hydrogen-bond donors (Lipinski definition) is 0. The van der Waals surface area contributed by atoms with Crippen LogP contribution in [-0.2, 0) is 0 Å². The average molecular weight is 347 g/mol. The molecular formula is C20H21N5O. The van der Waals surface area contributed by atoms with Crippen molar-refractivity contribution in [3.8, 4) is 17.1 Å². The highest BCUT2D eigenvalue weighted by Gasteiger charge is 2.28. The second-order valence-electron chi connectivity index (χ2n) is 6.69. The molecule has 4 heterocycles. The molecule has 0 aliphatic carbocycles. The third-order valence-corrected chi connectivity index (χ3v) is 4.81. The van der Waals surface area contributed by atoms with Gasteiger partial charge >= 0.3 is 0 Å². The van der Waals surface area contributed by atoms with E-state index in [1.54, 1.807) is 17.1 Å². The lowest BCUT2D eigenvalue weighted by molar-refractivity contribution is 0.0741. The van der Waals surface area contributed by atoms with E-state index in [0.717, 1.165) is 42.2 Å². The SMILES string of the molecule is Cc1ccc(-n2nc(C(=O)N3CCCC3C)cc2-c2ccccn2)cn1. The van der Waals surface area contributed by atoms with Gasteiger partial charge in [0.25, 0.3) is 5.91 Å². The van der Waals surface area contributed by atoms with E-state index >= 15 is 0 Å². The second kappa shape index (κ2) is 6.71. The average Bonchev–Trinajstić information content (AvgIpc) is 3.29. The molecule has 6 heteroatoms. The van der Waals surface area contributed by atoms with Crippen LogP contribution in [0.15, 0.2) is 48.8 Å². The van der Waals surface area contributed by atoms with E-state index in [1.165, 1.54) is 0 Å². The molecule has 26 heavy (non-hydrogen) atoms. The van der Waals surface area contributed by atoms with Crippen molar-refractivity contribution in [2.24, 2.45) is 0 Å². The molecule has 0 aromatic carbocycles. The van der Waals surface area contributed by atoms with Gasteiger partial charge in [-0.05, 0) is 57.0 Å². The molecule has 132 valence electrons. The Balaban J connectivity index is 1.80. The zero-order valence-corrected chi connectivity index (χ0v) is 15.0. The first-order valence-corrected chi connectivity index (χ1v) is 8.89. The van der Waals surface area contributed by atoms with Crippen LogP contribution >= 0.6 is 0 Å². The highest BCUT2D eigenvalue weighted by molar-refractivity contribution is 5.94. The minimum atomic E-state index is -0.0222. The van der Waals surface area contributed by atoms with Crippen molar-refractivity contribution in [3.63, 3.8) is 0 Å². The number of hydrogen-bond acceptors (Lipinski definition) is 4. The number of nitrogens with zero attached hydrogens (tertiary/aromatic N) is 5. The van der Waals surface area contributed by atoms with E-state index in [2.05, 4.69) is 22.0 Å². The standard InChI is InChI=1S/C20H21N5O/c1-14-8-9-16(13-22-14)25-19(17-7-3-4-10-21-17)12-18(23-25)20(26)24-11-5-6-15(24)2/h3-4,7-10,12-13,15H,5-6,11H2,1-2H3. The normalized spacial score (nSPS) is 16.8. The van der Waals surface area contributed by atoms with E-state index in [0.29, 0.717) is 5.69 Å². The molecule has 1 unspecified atom stereocenters. The lowest BCUT2D eigenvalue weighted by Gasteiger charge is -2.19. The molecule has 1 saturated heterocycles. The Morgan fingerprint density at radius 1 is 1.19 bits per heavy atom. The van der Waals surface area contributed by atoms with Crippen LogP contribution in [0, 0.1) is 6.92 Å².